The van der Waals surface area contributed by atoms with Crippen LogP contribution in [0.5, 0.6) is 0 Å². The van der Waals surface area contributed by atoms with E-state index >= 15 is 0 Å². The summed E-state index contributed by atoms with van der Waals surface area (Å²) < 4.78 is 7.68. The molecule has 0 amide bonds. The summed E-state index contributed by atoms with van der Waals surface area (Å²) >= 11 is 1.79. The van der Waals surface area contributed by atoms with E-state index in [1.54, 1.807) is 17.7 Å². The number of thiophene rings is 1. The number of hydrogen-bond acceptors (Lipinski definition) is 7. The molecule has 9 heteroatoms. The van der Waals surface area contributed by atoms with Crippen molar-refractivity contribution in [3.63, 3.8) is 0 Å². The van der Waals surface area contributed by atoms with Crippen molar-refractivity contribution in [1.82, 2.24) is 30.2 Å². The Hall–Kier alpha value is -2.78. The normalized spacial score (nSPS) is 17.8. The third-order valence-corrected chi connectivity index (χ3v) is 6.56. The van der Waals surface area contributed by atoms with Crippen LogP contribution in [0.25, 0.3) is 11.0 Å². The second-order valence-electron chi connectivity index (χ2n) is 7.22. The number of tetrazole rings is 1. The monoisotopic (exact) mass is 409 g/mol. The summed E-state index contributed by atoms with van der Waals surface area (Å²) in [4.78, 5) is 10.0. The highest BCUT2D eigenvalue weighted by molar-refractivity contribution is 7.12. The van der Waals surface area contributed by atoms with Crippen molar-refractivity contribution in [2.45, 2.75) is 44.9 Å². The molecule has 2 unspecified atom stereocenters. The number of nitrogens with zero attached hydrogens (tertiary/aromatic N) is 5. The predicted octanol–water partition coefficient (Wildman–Crippen LogP) is 3.55. The van der Waals surface area contributed by atoms with Crippen LogP contribution in [-0.4, -0.2) is 42.9 Å². The van der Waals surface area contributed by atoms with Crippen molar-refractivity contribution in [2.75, 3.05) is 11.9 Å². The summed E-state index contributed by atoms with van der Waals surface area (Å²) in [6, 6.07) is 10.3. The van der Waals surface area contributed by atoms with Gasteiger partial charge in [-0.2, -0.15) is 0 Å². The van der Waals surface area contributed by atoms with Gasteiger partial charge in [-0.05, 0) is 60.0 Å². The first-order valence-electron chi connectivity index (χ1n) is 9.96. The summed E-state index contributed by atoms with van der Waals surface area (Å²) in [7, 11) is 0. The molecule has 1 saturated heterocycles. The molecule has 3 aromatic heterocycles. The van der Waals surface area contributed by atoms with Crippen LogP contribution in [-0.2, 0) is 17.7 Å². The lowest BCUT2D eigenvalue weighted by atomic mass is 10.2. The summed E-state index contributed by atoms with van der Waals surface area (Å²) in [5.41, 5.74) is 2.93. The van der Waals surface area contributed by atoms with Gasteiger partial charge in [-0.25, -0.2) is 9.67 Å². The van der Waals surface area contributed by atoms with E-state index in [0.29, 0.717) is 6.54 Å². The number of rotatable bonds is 7. The lowest BCUT2D eigenvalue weighted by Crippen LogP contribution is -2.22. The van der Waals surface area contributed by atoms with Crippen LogP contribution in [0.15, 0.2) is 36.7 Å². The third kappa shape index (κ3) is 3.75. The number of hydrogen-bond donors (Lipinski definition) is 2. The highest BCUT2D eigenvalue weighted by atomic mass is 32.1. The predicted molar refractivity (Wildman–Crippen MR) is 112 cm³/mol. The molecule has 29 heavy (non-hydrogen) atoms. The lowest BCUT2D eigenvalue weighted by molar-refractivity contribution is 0.0926. The fraction of sp³-hybridized carbons (Fsp3) is 0.400. The molecule has 1 fully saturated rings. The second-order valence-corrected chi connectivity index (χ2v) is 8.42. The van der Waals surface area contributed by atoms with Crippen LogP contribution < -0.4 is 5.32 Å². The molecule has 150 valence electrons. The molecule has 4 aromatic rings. The smallest absolute Gasteiger partial charge is 0.179 e. The van der Waals surface area contributed by atoms with Crippen LogP contribution in [0.1, 0.15) is 41.4 Å². The minimum Gasteiger partial charge on any atom is -0.376 e. The summed E-state index contributed by atoms with van der Waals surface area (Å²) in [6.07, 6.45) is 5.04. The maximum absolute atomic E-state index is 5.80. The average Bonchev–Trinajstić information content (AvgIpc) is 3.53. The number of H-pyrrole nitrogens is 1. The van der Waals surface area contributed by atoms with E-state index in [0.717, 1.165) is 48.4 Å². The average molecular weight is 410 g/mol. The van der Waals surface area contributed by atoms with E-state index in [-0.39, 0.29) is 12.1 Å². The fourth-order valence-corrected chi connectivity index (χ4v) is 4.73. The van der Waals surface area contributed by atoms with Gasteiger partial charge in [0, 0.05) is 22.0 Å². The van der Waals surface area contributed by atoms with Gasteiger partial charge >= 0.3 is 0 Å². The first-order chi connectivity index (χ1) is 14.3. The van der Waals surface area contributed by atoms with Gasteiger partial charge in [0.1, 0.15) is 6.04 Å². The van der Waals surface area contributed by atoms with Gasteiger partial charge in [0.05, 0.1) is 30.0 Å². The number of ether oxygens (including phenoxy) is 1. The van der Waals surface area contributed by atoms with E-state index in [1.807, 2.05) is 16.8 Å². The molecular formula is C20H23N7OS. The zero-order valence-corrected chi connectivity index (χ0v) is 17.0. The Labute approximate surface area is 172 Å². The van der Waals surface area contributed by atoms with Crippen molar-refractivity contribution in [1.29, 1.82) is 0 Å². The van der Waals surface area contributed by atoms with Gasteiger partial charge in [-0.3, -0.25) is 0 Å². The Balaban J connectivity index is 1.49. The van der Waals surface area contributed by atoms with Crippen LogP contribution in [0.4, 0.5) is 5.69 Å². The van der Waals surface area contributed by atoms with E-state index in [4.69, 9.17) is 4.74 Å². The van der Waals surface area contributed by atoms with Crippen LogP contribution in [0.3, 0.4) is 0 Å². The quantitative estimate of drug-likeness (QED) is 0.485. The standard InChI is InChI=1S/C20H23N7OS/c1-2-15-6-8-18(29-15)19(23-13-5-7-16-17(10-13)22-12-21-16)20-24-25-26-27(20)11-14-4-3-9-28-14/h5-8,10,12,14,19,23H,2-4,9,11H2,1H3,(H,21,22). The summed E-state index contributed by atoms with van der Waals surface area (Å²) in [5.74, 6) is 0.801. The van der Waals surface area contributed by atoms with Gasteiger partial charge < -0.3 is 15.0 Å². The number of aromatic amines is 1. The Bertz CT molecular complexity index is 1100. The van der Waals surface area contributed by atoms with Gasteiger partial charge in [-0.15, -0.1) is 16.4 Å². The van der Waals surface area contributed by atoms with Crippen LogP contribution in [0.2, 0.25) is 0 Å². The molecule has 2 atom stereocenters. The van der Waals surface area contributed by atoms with Gasteiger partial charge in [0.2, 0.25) is 0 Å². The van der Waals surface area contributed by atoms with Gasteiger partial charge in [0.25, 0.3) is 0 Å². The Morgan fingerprint density at radius 1 is 1.34 bits per heavy atom. The topological polar surface area (TPSA) is 93.5 Å². The van der Waals surface area contributed by atoms with Crippen LogP contribution in [0, 0.1) is 0 Å². The van der Waals surface area contributed by atoms with Crippen molar-refractivity contribution < 1.29 is 4.74 Å². The van der Waals surface area contributed by atoms with E-state index in [2.05, 4.69) is 55.9 Å². The minimum atomic E-state index is -0.142. The Morgan fingerprint density at radius 2 is 2.31 bits per heavy atom. The number of aryl methyl sites for hydroxylation is 1. The van der Waals surface area contributed by atoms with Crippen molar-refractivity contribution in [3.8, 4) is 0 Å². The molecule has 1 aliphatic rings. The molecule has 2 N–H and O–H groups in total. The molecule has 0 saturated carbocycles. The molecule has 5 rings (SSSR count). The van der Waals surface area contributed by atoms with E-state index in [9.17, 15) is 0 Å². The Morgan fingerprint density at radius 3 is 3.14 bits per heavy atom. The third-order valence-electron chi connectivity index (χ3n) is 5.27. The Kier molecular flexibility index (Phi) is 4.99. The summed E-state index contributed by atoms with van der Waals surface area (Å²) in [5, 5.41) is 16.3. The second kappa shape index (κ2) is 7.92. The molecule has 4 heterocycles. The fourth-order valence-electron chi connectivity index (χ4n) is 3.72. The molecule has 8 nitrogen and oxygen atoms in total. The maximum atomic E-state index is 5.80. The molecule has 0 radical (unpaired) electrons. The van der Waals surface area contributed by atoms with Crippen molar-refractivity contribution in [2.24, 2.45) is 0 Å². The first-order valence-corrected chi connectivity index (χ1v) is 10.8. The molecule has 0 aliphatic carbocycles. The molecule has 0 bridgehead atoms. The largest absolute Gasteiger partial charge is 0.376 e. The number of benzene rings is 1. The highest BCUT2D eigenvalue weighted by Gasteiger charge is 2.26. The summed E-state index contributed by atoms with van der Waals surface area (Å²) in [6.45, 7) is 3.66. The number of nitrogens with one attached hydrogen (secondary N) is 2. The molecule has 0 spiro atoms. The highest BCUT2D eigenvalue weighted by Crippen LogP contribution is 2.32. The number of fused-ring (bicyclic) bond motifs is 1. The zero-order valence-electron chi connectivity index (χ0n) is 16.2. The minimum absolute atomic E-state index is 0.142. The number of aromatic nitrogens is 6. The molecular weight excluding hydrogens is 386 g/mol. The van der Waals surface area contributed by atoms with Crippen molar-refractivity contribution in [3.05, 3.63) is 52.2 Å². The van der Waals surface area contributed by atoms with E-state index in [1.165, 1.54) is 9.75 Å². The lowest BCUT2D eigenvalue weighted by Gasteiger charge is -2.19. The molecule has 1 aliphatic heterocycles. The molecule has 1 aromatic carbocycles. The maximum Gasteiger partial charge on any atom is 0.179 e. The van der Waals surface area contributed by atoms with Crippen LogP contribution >= 0.6 is 11.3 Å². The van der Waals surface area contributed by atoms with E-state index < -0.39 is 0 Å². The zero-order chi connectivity index (χ0) is 19.6. The number of imidazole rings is 1. The number of anilines is 1. The SMILES string of the molecule is CCc1ccc(C(Nc2ccc3nc[nH]c3c2)c2nnnn2CC2CCCO2)s1. The van der Waals surface area contributed by atoms with Crippen molar-refractivity contribution >= 4 is 28.1 Å². The van der Waals surface area contributed by atoms with Gasteiger partial charge in [0.15, 0.2) is 5.82 Å². The first kappa shape index (κ1) is 18.3. The van der Waals surface area contributed by atoms with Gasteiger partial charge in [-0.1, -0.05) is 6.92 Å².